The molecular formula is C24H32N2O2. The number of hydrogen-bond donors (Lipinski definition) is 0. The van der Waals surface area contributed by atoms with Gasteiger partial charge in [0.25, 0.3) is 0 Å². The number of rotatable bonds is 6. The Kier molecular flexibility index (Phi) is 4.78. The first kappa shape index (κ1) is 19.5. The van der Waals surface area contributed by atoms with Gasteiger partial charge in [0.05, 0.1) is 23.7 Å². The molecule has 2 atom stereocenters. The van der Waals surface area contributed by atoms with E-state index in [0.29, 0.717) is 47.9 Å². The van der Waals surface area contributed by atoms with Crippen molar-refractivity contribution in [3.8, 4) is 6.07 Å². The fraction of sp³-hybridized carbons (Fsp3) is 0.667. The zero-order valence-electron chi connectivity index (χ0n) is 17.5. The summed E-state index contributed by atoms with van der Waals surface area (Å²) in [6.07, 6.45) is 7.02. The molecule has 4 bridgehead atoms. The van der Waals surface area contributed by atoms with E-state index in [1.807, 2.05) is 29.2 Å². The predicted octanol–water partition coefficient (Wildman–Crippen LogP) is 4.53. The molecule has 28 heavy (non-hydrogen) atoms. The van der Waals surface area contributed by atoms with Crippen LogP contribution in [-0.4, -0.2) is 31.1 Å². The number of nitriles is 1. The molecule has 1 amide bonds. The van der Waals surface area contributed by atoms with Gasteiger partial charge >= 0.3 is 0 Å². The van der Waals surface area contributed by atoms with Crippen LogP contribution in [0.25, 0.3) is 0 Å². The maximum atomic E-state index is 13.9. The number of methoxy groups -OCH3 is 1. The van der Waals surface area contributed by atoms with Gasteiger partial charge in [-0.2, -0.15) is 5.26 Å². The summed E-state index contributed by atoms with van der Waals surface area (Å²) in [7, 11) is 1.69. The predicted molar refractivity (Wildman–Crippen MR) is 108 cm³/mol. The summed E-state index contributed by atoms with van der Waals surface area (Å²) < 4.78 is 5.32. The van der Waals surface area contributed by atoms with Crippen LogP contribution >= 0.6 is 0 Å². The molecule has 2 unspecified atom stereocenters. The average Bonchev–Trinajstić information content (AvgIpc) is 2.62. The van der Waals surface area contributed by atoms with Crippen molar-refractivity contribution in [3.05, 3.63) is 35.4 Å². The highest BCUT2D eigenvalue weighted by Crippen LogP contribution is 2.69. The van der Waals surface area contributed by atoms with Gasteiger partial charge in [-0.15, -0.1) is 0 Å². The Morgan fingerprint density at radius 1 is 1.14 bits per heavy atom. The van der Waals surface area contributed by atoms with Gasteiger partial charge < -0.3 is 9.64 Å². The van der Waals surface area contributed by atoms with Gasteiger partial charge in [-0.3, -0.25) is 4.79 Å². The number of carbonyl (C=O) groups excluding carboxylic acids is 1. The van der Waals surface area contributed by atoms with Gasteiger partial charge in [-0.1, -0.05) is 26.0 Å². The number of hydrogen-bond acceptors (Lipinski definition) is 3. The smallest absolute Gasteiger partial charge is 0.229 e. The lowest BCUT2D eigenvalue weighted by molar-refractivity contribution is -0.180. The van der Waals surface area contributed by atoms with Crippen molar-refractivity contribution in [2.45, 2.75) is 58.9 Å². The van der Waals surface area contributed by atoms with Crippen LogP contribution in [0, 0.1) is 33.5 Å². The van der Waals surface area contributed by atoms with Gasteiger partial charge in [0, 0.05) is 20.2 Å². The maximum absolute atomic E-state index is 13.9. The Balaban J connectivity index is 1.59. The molecule has 0 radical (unpaired) electrons. The summed E-state index contributed by atoms with van der Waals surface area (Å²) in [5.41, 5.74) is 2.19. The SMILES string of the molecule is COCCN(Cc1ccc(C#N)cc1)C(=O)C12CC3CC(C)(CC(C)(C3)C1)C2. The van der Waals surface area contributed by atoms with E-state index in [1.54, 1.807) is 7.11 Å². The topological polar surface area (TPSA) is 53.3 Å². The van der Waals surface area contributed by atoms with E-state index < -0.39 is 0 Å². The average molecular weight is 381 g/mol. The molecular weight excluding hydrogens is 348 g/mol. The van der Waals surface area contributed by atoms with Crippen LogP contribution in [0.2, 0.25) is 0 Å². The van der Waals surface area contributed by atoms with Crippen molar-refractivity contribution in [1.82, 2.24) is 4.90 Å². The highest BCUT2D eigenvalue weighted by Gasteiger charge is 2.63. The molecule has 4 saturated carbocycles. The summed E-state index contributed by atoms with van der Waals surface area (Å²) in [4.78, 5) is 16.0. The summed E-state index contributed by atoms with van der Waals surface area (Å²) in [5.74, 6) is 1.03. The first-order chi connectivity index (χ1) is 13.3. The Morgan fingerprint density at radius 2 is 1.79 bits per heavy atom. The van der Waals surface area contributed by atoms with E-state index in [9.17, 15) is 4.79 Å². The molecule has 4 aliphatic rings. The van der Waals surface area contributed by atoms with Gasteiger partial charge in [0.15, 0.2) is 0 Å². The van der Waals surface area contributed by atoms with Crippen LogP contribution < -0.4 is 0 Å². The van der Waals surface area contributed by atoms with Gasteiger partial charge in [-0.25, -0.2) is 0 Å². The van der Waals surface area contributed by atoms with Gasteiger partial charge in [-0.05, 0) is 73.0 Å². The van der Waals surface area contributed by atoms with Crippen molar-refractivity contribution >= 4 is 5.91 Å². The number of carbonyl (C=O) groups is 1. The minimum atomic E-state index is -0.191. The Hall–Kier alpha value is -1.86. The second-order valence-electron chi connectivity index (χ2n) is 10.4. The van der Waals surface area contributed by atoms with Crippen LogP contribution in [0.3, 0.4) is 0 Å². The van der Waals surface area contributed by atoms with Gasteiger partial charge in [0.2, 0.25) is 5.91 Å². The Labute approximate surface area is 168 Å². The molecule has 0 aromatic heterocycles. The van der Waals surface area contributed by atoms with Crippen molar-refractivity contribution < 1.29 is 9.53 Å². The number of nitrogens with zero attached hydrogens (tertiary/aromatic N) is 2. The molecule has 5 rings (SSSR count). The number of ether oxygens (including phenoxy) is 1. The maximum Gasteiger partial charge on any atom is 0.229 e. The van der Waals surface area contributed by atoms with Gasteiger partial charge in [0.1, 0.15) is 0 Å². The van der Waals surface area contributed by atoms with E-state index >= 15 is 0 Å². The van der Waals surface area contributed by atoms with Crippen LogP contribution in [0.15, 0.2) is 24.3 Å². The summed E-state index contributed by atoms with van der Waals surface area (Å²) in [6.45, 7) is 6.59. The normalized spacial score (nSPS) is 35.6. The minimum Gasteiger partial charge on any atom is -0.383 e. The fourth-order valence-electron chi connectivity index (χ4n) is 7.38. The molecule has 1 aromatic carbocycles. The molecule has 4 aliphatic carbocycles. The molecule has 4 nitrogen and oxygen atoms in total. The molecule has 0 spiro atoms. The lowest BCUT2D eigenvalue weighted by Gasteiger charge is -2.65. The van der Waals surface area contributed by atoms with Crippen molar-refractivity contribution in [3.63, 3.8) is 0 Å². The largest absolute Gasteiger partial charge is 0.383 e. The number of amides is 1. The third-order valence-corrected chi connectivity index (χ3v) is 7.39. The lowest BCUT2D eigenvalue weighted by Crippen LogP contribution is -2.60. The van der Waals surface area contributed by atoms with E-state index in [-0.39, 0.29) is 5.41 Å². The van der Waals surface area contributed by atoms with Crippen LogP contribution in [0.4, 0.5) is 0 Å². The fourth-order valence-corrected chi connectivity index (χ4v) is 7.38. The van der Waals surface area contributed by atoms with Crippen molar-refractivity contribution in [2.24, 2.45) is 22.2 Å². The lowest BCUT2D eigenvalue weighted by atomic mass is 9.40. The molecule has 150 valence electrons. The summed E-state index contributed by atoms with van der Waals surface area (Å²) >= 11 is 0. The molecule has 0 aliphatic heterocycles. The van der Waals surface area contributed by atoms with Crippen LogP contribution in [0.1, 0.15) is 63.5 Å². The minimum absolute atomic E-state index is 0.191. The molecule has 4 heteroatoms. The van der Waals surface area contributed by atoms with Crippen molar-refractivity contribution in [1.29, 1.82) is 5.26 Å². The number of benzene rings is 1. The van der Waals surface area contributed by atoms with E-state index in [0.717, 1.165) is 24.8 Å². The van der Waals surface area contributed by atoms with Crippen LogP contribution in [0.5, 0.6) is 0 Å². The van der Waals surface area contributed by atoms with E-state index in [4.69, 9.17) is 10.00 Å². The molecule has 0 heterocycles. The highest BCUT2D eigenvalue weighted by molar-refractivity contribution is 5.83. The quantitative estimate of drug-likeness (QED) is 0.728. The highest BCUT2D eigenvalue weighted by atomic mass is 16.5. The van der Waals surface area contributed by atoms with Crippen LogP contribution in [-0.2, 0) is 16.1 Å². The Morgan fingerprint density at radius 3 is 2.32 bits per heavy atom. The standard InChI is InChI=1S/C24H32N2O2/c1-22-10-20-11-23(2,15-22)17-24(12-20,16-22)21(27)26(8-9-28-3)14-19-6-4-18(13-25)5-7-19/h4-7,20H,8-12,14-17H2,1-3H3. The molecule has 1 aromatic rings. The molecule has 4 fully saturated rings. The third-order valence-electron chi connectivity index (χ3n) is 7.39. The monoisotopic (exact) mass is 380 g/mol. The zero-order chi connectivity index (χ0) is 20.0. The first-order valence-corrected chi connectivity index (χ1v) is 10.6. The molecule has 0 N–H and O–H groups in total. The Bertz CT molecular complexity index is 776. The third kappa shape index (κ3) is 3.46. The summed E-state index contributed by atoms with van der Waals surface area (Å²) in [6, 6.07) is 9.76. The van der Waals surface area contributed by atoms with E-state index in [2.05, 4.69) is 19.9 Å². The molecule has 0 saturated heterocycles. The second-order valence-corrected chi connectivity index (χ2v) is 10.4. The van der Waals surface area contributed by atoms with Crippen molar-refractivity contribution in [2.75, 3.05) is 20.3 Å². The van der Waals surface area contributed by atoms with E-state index in [1.165, 1.54) is 19.3 Å². The summed E-state index contributed by atoms with van der Waals surface area (Å²) in [5, 5.41) is 9.03. The first-order valence-electron chi connectivity index (χ1n) is 10.6. The second kappa shape index (κ2) is 6.88. The zero-order valence-corrected chi connectivity index (χ0v) is 17.5.